The maximum Gasteiger partial charge on any atom is 0.191 e. The van der Waals surface area contributed by atoms with Crippen LogP contribution in [-0.2, 0) is 0 Å². The molecule has 0 amide bonds. The van der Waals surface area contributed by atoms with Crippen LogP contribution >= 0.6 is 35.6 Å². The van der Waals surface area contributed by atoms with E-state index in [0.717, 1.165) is 30.6 Å². The number of nitrogens with zero attached hydrogens (tertiary/aromatic N) is 3. The monoisotopic (exact) mass is 533 g/mol. The van der Waals surface area contributed by atoms with Crippen molar-refractivity contribution < 1.29 is 0 Å². The molecule has 3 rings (SSSR count). The highest BCUT2D eigenvalue weighted by atomic mass is 127. The van der Waals surface area contributed by atoms with Crippen molar-refractivity contribution in [2.75, 3.05) is 46.3 Å². The number of aliphatic imine (C=N–C) groups is 1. The normalized spacial score (nSPS) is 20.3. The van der Waals surface area contributed by atoms with Gasteiger partial charge in [-0.15, -0.1) is 24.0 Å². The molecule has 5 nitrogen and oxygen atoms in total. The largest absolute Gasteiger partial charge is 0.354 e. The van der Waals surface area contributed by atoms with Crippen LogP contribution in [0.2, 0.25) is 5.02 Å². The summed E-state index contributed by atoms with van der Waals surface area (Å²) in [6.07, 6.45) is 6.17. The zero-order valence-corrected chi connectivity index (χ0v) is 21.0. The number of piperidine rings is 1. The number of guanidine groups is 1. The molecule has 1 unspecified atom stereocenters. The highest BCUT2D eigenvalue weighted by molar-refractivity contribution is 14.0. The van der Waals surface area contributed by atoms with E-state index in [2.05, 4.69) is 50.5 Å². The van der Waals surface area contributed by atoms with Crippen LogP contribution in [0.1, 0.15) is 50.6 Å². The van der Waals surface area contributed by atoms with Crippen molar-refractivity contribution >= 4 is 41.5 Å². The summed E-state index contributed by atoms with van der Waals surface area (Å²) >= 11 is 6.27. The number of hydrogen-bond acceptors (Lipinski definition) is 3. The molecule has 29 heavy (non-hydrogen) atoms. The van der Waals surface area contributed by atoms with Crippen LogP contribution in [0.25, 0.3) is 0 Å². The molecular weight excluding hydrogens is 497 g/mol. The third kappa shape index (κ3) is 7.56. The second-order valence-electron chi connectivity index (χ2n) is 8.03. The van der Waals surface area contributed by atoms with Crippen LogP contribution in [0.5, 0.6) is 0 Å². The molecule has 164 valence electrons. The molecule has 1 atom stereocenters. The van der Waals surface area contributed by atoms with Gasteiger partial charge in [0.1, 0.15) is 0 Å². The van der Waals surface area contributed by atoms with Gasteiger partial charge in [-0.1, -0.05) is 30.7 Å². The third-order valence-corrected chi connectivity index (χ3v) is 6.20. The molecule has 0 spiro atoms. The minimum atomic E-state index is 0. The van der Waals surface area contributed by atoms with Gasteiger partial charge in [0.15, 0.2) is 5.96 Å². The van der Waals surface area contributed by atoms with Crippen molar-refractivity contribution in [3.05, 3.63) is 34.9 Å². The van der Waals surface area contributed by atoms with E-state index in [1.165, 1.54) is 57.3 Å². The van der Waals surface area contributed by atoms with Gasteiger partial charge in [-0.05, 0) is 69.4 Å². The van der Waals surface area contributed by atoms with Crippen LogP contribution in [0.15, 0.2) is 29.3 Å². The predicted octanol–water partition coefficient (Wildman–Crippen LogP) is 4.13. The van der Waals surface area contributed by atoms with Crippen molar-refractivity contribution in [3.63, 3.8) is 0 Å². The minimum absolute atomic E-state index is 0. The molecule has 2 aliphatic heterocycles. The first-order chi connectivity index (χ1) is 13.7. The molecule has 2 aliphatic rings. The summed E-state index contributed by atoms with van der Waals surface area (Å²) in [5.41, 5.74) is 1.28. The van der Waals surface area contributed by atoms with Crippen LogP contribution in [0.3, 0.4) is 0 Å². The third-order valence-electron chi connectivity index (χ3n) is 5.97. The Morgan fingerprint density at radius 3 is 2.55 bits per heavy atom. The van der Waals surface area contributed by atoms with E-state index in [-0.39, 0.29) is 24.0 Å². The molecule has 2 N–H and O–H groups in total. The Morgan fingerprint density at radius 1 is 1.21 bits per heavy atom. The average molecular weight is 534 g/mol. The molecular formula is C22H37ClIN5. The van der Waals surface area contributed by atoms with Gasteiger partial charge in [-0.25, -0.2) is 0 Å². The quantitative estimate of drug-likeness (QED) is 0.314. The summed E-state index contributed by atoms with van der Waals surface area (Å²) in [5, 5.41) is 8.04. The molecule has 0 aliphatic carbocycles. The molecule has 7 heteroatoms. The van der Waals surface area contributed by atoms with E-state index < -0.39 is 0 Å². The van der Waals surface area contributed by atoms with E-state index in [4.69, 9.17) is 11.6 Å². The number of likely N-dealkylation sites (tertiary alicyclic amines) is 2. The van der Waals surface area contributed by atoms with Crippen molar-refractivity contribution in [1.82, 2.24) is 20.4 Å². The van der Waals surface area contributed by atoms with E-state index in [1.807, 2.05) is 13.1 Å². The lowest BCUT2D eigenvalue weighted by atomic mass is 10.0. The van der Waals surface area contributed by atoms with Crippen molar-refractivity contribution in [1.29, 1.82) is 0 Å². The lowest BCUT2D eigenvalue weighted by Crippen LogP contribution is -2.50. The zero-order chi connectivity index (χ0) is 19.8. The van der Waals surface area contributed by atoms with E-state index in [0.29, 0.717) is 12.1 Å². The first kappa shape index (κ1) is 24.7. The number of rotatable bonds is 7. The van der Waals surface area contributed by atoms with Gasteiger partial charge in [-0.2, -0.15) is 0 Å². The Morgan fingerprint density at radius 2 is 1.93 bits per heavy atom. The Labute approximate surface area is 198 Å². The van der Waals surface area contributed by atoms with Crippen LogP contribution in [-0.4, -0.2) is 68.1 Å². The molecule has 2 heterocycles. The SMILES string of the molecule is CCCN1CCC(NC(=NC)NCC(c2cccc(Cl)c2)N2CCCC2)CC1.I. The first-order valence-electron chi connectivity index (χ1n) is 10.9. The lowest BCUT2D eigenvalue weighted by Gasteiger charge is -2.33. The van der Waals surface area contributed by atoms with E-state index in [1.54, 1.807) is 0 Å². The standard InChI is InChI=1S/C22H36ClN5.HI/c1-3-11-27-14-9-20(10-15-27)26-22(24-2)25-17-21(28-12-4-5-13-28)18-7-6-8-19(23)16-18;/h6-8,16,20-21H,3-5,9-15,17H2,1-2H3,(H2,24,25,26);1H. The maximum absolute atomic E-state index is 6.27. The van der Waals surface area contributed by atoms with E-state index in [9.17, 15) is 0 Å². The van der Waals surface area contributed by atoms with Crippen molar-refractivity contribution in [3.8, 4) is 0 Å². The van der Waals surface area contributed by atoms with Gasteiger partial charge in [0, 0.05) is 37.7 Å². The summed E-state index contributed by atoms with van der Waals surface area (Å²) in [5.74, 6) is 0.917. The van der Waals surface area contributed by atoms with Crippen molar-refractivity contribution in [2.45, 2.75) is 51.1 Å². The minimum Gasteiger partial charge on any atom is -0.354 e. The first-order valence-corrected chi connectivity index (χ1v) is 11.3. The summed E-state index contributed by atoms with van der Waals surface area (Å²) in [6, 6.07) is 9.13. The summed E-state index contributed by atoms with van der Waals surface area (Å²) in [7, 11) is 1.87. The maximum atomic E-state index is 6.27. The molecule has 0 saturated carbocycles. The van der Waals surface area contributed by atoms with Gasteiger partial charge in [-0.3, -0.25) is 9.89 Å². The van der Waals surface area contributed by atoms with Gasteiger partial charge in [0.05, 0.1) is 6.04 Å². The molecule has 1 aromatic carbocycles. The van der Waals surface area contributed by atoms with Crippen LogP contribution < -0.4 is 10.6 Å². The fraction of sp³-hybridized carbons (Fsp3) is 0.682. The summed E-state index contributed by atoms with van der Waals surface area (Å²) < 4.78 is 0. The topological polar surface area (TPSA) is 42.9 Å². The van der Waals surface area contributed by atoms with E-state index >= 15 is 0 Å². The number of halogens is 2. The van der Waals surface area contributed by atoms with Gasteiger partial charge < -0.3 is 15.5 Å². The number of hydrogen-bond donors (Lipinski definition) is 2. The molecule has 2 fully saturated rings. The smallest absolute Gasteiger partial charge is 0.191 e. The second kappa shape index (κ2) is 13.0. The molecule has 2 saturated heterocycles. The van der Waals surface area contributed by atoms with Gasteiger partial charge >= 0.3 is 0 Å². The summed E-state index contributed by atoms with van der Waals surface area (Å²) in [6.45, 7) is 8.99. The highest BCUT2D eigenvalue weighted by Crippen LogP contribution is 2.26. The van der Waals surface area contributed by atoms with Crippen molar-refractivity contribution in [2.24, 2.45) is 4.99 Å². The Hall–Kier alpha value is -0.570. The Bertz CT molecular complexity index is 627. The van der Waals surface area contributed by atoms with Crippen LogP contribution in [0, 0.1) is 0 Å². The summed E-state index contributed by atoms with van der Waals surface area (Å²) in [4.78, 5) is 9.61. The number of nitrogens with one attached hydrogen (secondary N) is 2. The highest BCUT2D eigenvalue weighted by Gasteiger charge is 2.25. The molecule has 0 radical (unpaired) electrons. The molecule has 0 bridgehead atoms. The van der Waals surface area contributed by atoms with Crippen LogP contribution in [0.4, 0.5) is 0 Å². The fourth-order valence-electron chi connectivity index (χ4n) is 4.42. The zero-order valence-electron chi connectivity index (χ0n) is 17.9. The predicted molar refractivity (Wildman–Crippen MR) is 135 cm³/mol. The molecule has 0 aromatic heterocycles. The van der Waals surface area contributed by atoms with Gasteiger partial charge in [0.25, 0.3) is 0 Å². The lowest BCUT2D eigenvalue weighted by molar-refractivity contribution is 0.206. The number of benzene rings is 1. The average Bonchev–Trinajstić information content (AvgIpc) is 3.23. The fourth-order valence-corrected chi connectivity index (χ4v) is 4.62. The Balaban J connectivity index is 0.00000300. The second-order valence-corrected chi connectivity index (χ2v) is 8.46. The molecule has 1 aromatic rings. The van der Waals surface area contributed by atoms with Gasteiger partial charge in [0.2, 0.25) is 0 Å². The Kier molecular flexibility index (Phi) is 11.0.